The van der Waals surface area contributed by atoms with E-state index in [4.69, 9.17) is 0 Å². The van der Waals surface area contributed by atoms with Crippen molar-refractivity contribution >= 4 is 24.0 Å². The minimum absolute atomic E-state index is 0. The Morgan fingerprint density at radius 3 is 2.20 bits per heavy atom. The molecule has 10 heavy (non-hydrogen) atoms. The Hall–Kier alpha value is 0.690. The highest BCUT2D eigenvalue weighted by atomic mass is 127. The van der Waals surface area contributed by atoms with Gasteiger partial charge < -0.3 is 4.90 Å². The minimum Gasteiger partial charge on any atom is -0.301 e. The van der Waals surface area contributed by atoms with Crippen LogP contribution in [-0.2, 0) is 0 Å². The zero-order valence-corrected chi connectivity index (χ0v) is 9.30. The van der Waals surface area contributed by atoms with E-state index in [0.717, 1.165) is 6.04 Å². The monoisotopic (exact) mass is 255 g/mol. The fourth-order valence-corrected chi connectivity index (χ4v) is 1.44. The highest BCUT2D eigenvalue weighted by molar-refractivity contribution is 14.0. The molecule has 62 valence electrons. The molecule has 1 rings (SSSR count). The Labute approximate surface area is 81.2 Å². The average molecular weight is 255 g/mol. The van der Waals surface area contributed by atoms with Crippen molar-refractivity contribution in [2.45, 2.75) is 39.2 Å². The summed E-state index contributed by atoms with van der Waals surface area (Å²) in [5.41, 5.74) is 0. The van der Waals surface area contributed by atoms with Crippen LogP contribution in [0.2, 0.25) is 0 Å². The van der Waals surface area contributed by atoms with Gasteiger partial charge in [-0.05, 0) is 39.3 Å². The summed E-state index contributed by atoms with van der Waals surface area (Å²) in [6, 6.07) is 0.826. The largest absolute Gasteiger partial charge is 0.301 e. The van der Waals surface area contributed by atoms with Crippen molar-refractivity contribution in [2.75, 3.05) is 13.1 Å². The van der Waals surface area contributed by atoms with Gasteiger partial charge in [0.05, 0.1) is 0 Å². The summed E-state index contributed by atoms with van der Waals surface area (Å²) < 4.78 is 0. The third kappa shape index (κ3) is 2.74. The molecule has 0 spiro atoms. The standard InChI is InChI=1S/C8H17N.HI/c1-3-8(2)9-6-4-5-7-9;/h8H,3-7H2,1-2H3;1H. The molecule has 1 nitrogen and oxygen atoms in total. The molecule has 0 aliphatic carbocycles. The highest BCUT2D eigenvalue weighted by Crippen LogP contribution is 2.12. The zero-order valence-electron chi connectivity index (χ0n) is 6.97. The van der Waals surface area contributed by atoms with Crippen molar-refractivity contribution in [3.63, 3.8) is 0 Å². The summed E-state index contributed by atoms with van der Waals surface area (Å²) in [6.45, 7) is 7.28. The Kier molecular flexibility index (Phi) is 5.72. The van der Waals surface area contributed by atoms with E-state index in [1.807, 2.05) is 0 Å². The fraction of sp³-hybridized carbons (Fsp3) is 1.00. The Balaban J connectivity index is 0.000000810. The van der Waals surface area contributed by atoms with Gasteiger partial charge in [0.2, 0.25) is 0 Å². The first-order chi connectivity index (χ1) is 4.34. The summed E-state index contributed by atoms with van der Waals surface area (Å²) in [7, 11) is 0. The van der Waals surface area contributed by atoms with Crippen LogP contribution >= 0.6 is 24.0 Å². The van der Waals surface area contributed by atoms with Crippen LogP contribution in [0.5, 0.6) is 0 Å². The van der Waals surface area contributed by atoms with E-state index in [1.54, 1.807) is 0 Å². The van der Waals surface area contributed by atoms with E-state index in [0.29, 0.717) is 0 Å². The van der Waals surface area contributed by atoms with Gasteiger partial charge in [-0.2, -0.15) is 0 Å². The maximum absolute atomic E-state index is 2.58. The summed E-state index contributed by atoms with van der Waals surface area (Å²) in [5, 5.41) is 0. The minimum atomic E-state index is 0. The van der Waals surface area contributed by atoms with Crippen LogP contribution in [0.4, 0.5) is 0 Å². The van der Waals surface area contributed by atoms with E-state index in [9.17, 15) is 0 Å². The number of hydrogen-bond donors (Lipinski definition) is 0. The van der Waals surface area contributed by atoms with E-state index < -0.39 is 0 Å². The number of hydrogen-bond acceptors (Lipinski definition) is 1. The molecule has 1 aliphatic heterocycles. The van der Waals surface area contributed by atoms with Crippen molar-refractivity contribution in [1.82, 2.24) is 4.90 Å². The predicted octanol–water partition coefficient (Wildman–Crippen LogP) is 2.50. The van der Waals surface area contributed by atoms with E-state index >= 15 is 0 Å². The molecular weight excluding hydrogens is 237 g/mol. The van der Waals surface area contributed by atoms with Crippen molar-refractivity contribution < 1.29 is 0 Å². The molecule has 0 radical (unpaired) electrons. The zero-order chi connectivity index (χ0) is 6.69. The van der Waals surface area contributed by atoms with Gasteiger partial charge in [-0.15, -0.1) is 24.0 Å². The van der Waals surface area contributed by atoms with Crippen LogP contribution in [0.15, 0.2) is 0 Å². The normalized spacial score (nSPS) is 22.2. The van der Waals surface area contributed by atoms with Crippen molar-refractivity contribution in [1.29, 1.82) is 0 Å². The molecule has 0 amide bonds. The first-order valence-corrected chi connectivity index (χ1v) is 4.08. The quantitative estimate of drug-likeness (QED) is 0.685. The Morgan fingerprint density at radius 1 is 1.30 bits per heavy atom. The molecule has 1 saturated heterocycles. The molecule has 1 unspecified atom stereocenters. The van der Waals surface area contributed by atoms with Crippen LogP contribution < -0.4 is 0 Å². The Bertz CT molecular complexity index is 79.3. The highest BCUT2D eigenvalue weighted by Gasteiger charge is 2.15. The van der Waals surface area contributed by atoms with Crippen LogP contribution in [0.1, 0.15) is 33.1 Å². The van der Waals surface area contributed by atoms with Gasteiger partial charge in [0.25, 0.3) is 0 Å². The maximum Gasteiger partial charge on any atom is 0.00643 e. The number of rotatable bonds is 2. The van der Waals surface area contributed by atoms with E-state index in [1.165, 1.54) is 32.4 Å². The molecule has 0 saturated carbocycles. The predicted molar refractivity (Wildman–Crippen MR) is 56.0 cm³/mol. The van der Waals surface area contributed by atoms with Gasteiger partial charge in [-0.3, -0.25) is 0 Å². The van der Waals surface area contributed by atoms with Gasteiger partial charge in [-0.1, -0.05) is 6.92 Å². The van der Waals surface area contributed by atoms with Crippen molar-refractivity contribution in [3.8, 4) is 0 Å². The van der Waals surface area contributed by atoms with Gasteiger partial charge in [-0.25, -0.2) is 0 Å². The third-order valence-corrected chi connectivity index (χ3v) is 2.35. The number of likely N-dealkylation sites (tertiary alicyclic amines) is 1. The van der Waals surface area contributed by atoms with Crippen molar-refractivity contribution in [3.05, 3.63) is 0 Å². The Morgan fingerprint density at radius 2 is 1.80 bits per heavy atom. The van der Waals surface area contributed by atoms with Crippen LogP contribution in [0.3, 0.4) is 0 Å². The first kappa shape index (κ1) is 10.7. The first-order valence-electron chi connectivity index (χ1n) is 4.08. The van der Waals surface area contributed by atoms with Gasteiger partial charge >= 0.3 is 0 Å². The molecule has 1 aliphatic rings. The van der Waals surface area contributed by atoms with Crippen LogP contribution in [0, 0.1) is 0 Å². The maximum atomic E-state index is 2.58. The lowest BCUT2D eigenvalue weighted by molar-refractivity contribution is 0.253. The number of halogens is 1. The smallest absolute Gasteiger partial charge is 0.00643 e. The molecule has 0 aromatic heterocycles. The SMILES string of the molecule is CCC(C)N1CCCC1.I. The lowest BCUT2D eigenvalue weighted by atomic mass is 10.2. The molecule has 1 atom stereocenters. The molecular formula is C8H18IN. The molecule has 1 fully saturated rings. The molecule has 0 bridgehead atoms. The molecule has 1 heterocycles. The second-order valence-corrected chi connectivity index (χ2v) is 3.00. The molecule has 0 aromatic carbocycles. The fourth-order valence-electron chi connectivity index (χ4n) is 1.44. The number of nitrogens with zero attached hydrogens (tertiary/aromatic N) is 1. The van der Waals surface area contributed by atoms with E-state index in [2.05, 4.69) is 18.7 Å². The van der Waals surface area contributed by atoms with Crippen molar-refractivity contribution in [2.24, 2.45) is 0 Å². The van der Waals surface area contributed by atoms with Crippen LogP contribution in [-0.4, -0.2) is 24.0 Å². The van der Waals surface area contributed by atoms with E-state index in [-0.39, 0.29) is 24.0 Å². The topological polar surface area (TPSA) is 3.24 Å². The average Bonchev–Trinajstić information content (AvgIpc) is 2.37. The third-order valence-electron chi connectivity index (χ3n) is 2.35. The van der Waals surface area contributed by atoms with Gasteiger partial charge in [0.15, 0.2) is 0 Å². The summed E-state index contributed by atoms with van der Waals surface area (Å²) >= 11 is 0. The molecule has 0 N–H and O–H groups in total. The molecule has 2 heteroatoms. The summed E-state index contributed by atoms with van der Waals surface area (Å²) in [5.74, 6) is 0. The second kappa shape index (κ2) is 5.35. The second-order valence-electron chi connectivity index (χ2n) is 3.00. The lowest BCUT2D eigenvalue weighted by Crippen LogP contribution is -2.29. The summed E-state index contributed by atoms with van der Waals surface area (Å²) in [6.07, 6.45) is 4.15. The lowest BCUT2D eigenvalue weighted by Gasteiger charge is -2.21. The van der Waals surface area contributed by atoms with Crippen LogP contribution in [0.25, 0.3) is 0 Å². The van der Waals surface area contributed by atoms with Gasteiger partial charge in [0.1, 0.15) is 0 Å². The summed E-state index contributed by atoms with van der Waals surface area (Å²) in [4.78, 5) is 2.58. The molecule has 0 aromatic rings. The van der Waals surface area contributed by atoms with Gasteiger partial charge in [0, 0.05) is 6.04 Å².